The SMILES string of the molecule is c1ccc2c(c1)cc(-c1ncnc3nccnc13)c1ccccc12. The van der Waals surface area contributed by atoms with Crippen LogP contribution in [0, 0.1) is 0 Å². The zero-order valence-corrected chi connectivity index (χ0v) is 12.7. The molecular formula is C20H12N4. The summed E-state index contributed by atoms with van der Waals surface area (Å²) in [7, 11) is 0. The smallest absolute Gasteiger partial charge is 0.181 e. The van der Waals surface area contributed by atoms with Crippen LogP contribution in [-0.2, 0) is 0 Å². The average Bonchev–Trinajstić information content (AvgIpc) is 2.67. The summed E-state index contributed by atoms with van der Waals surface area (Å²) in [5.41, 5.74) is 3.20. The van der Waals surface area contributed by atoms with E-state index in [0.717, 1.165) is 22.2 Å². The van der Waals surface area contributed by atoms with Crippen molar-refractivity contribution in [2.75, 3.05) is 0 Å². The summed E-state index contributed by atoms with van der Waals surface area (Å²) < 4.78 is 0. The van der Waals surface area contributed by atoms with E-state index in [1.807, 2.05) is 0 Å². The normalized spacial score (nSPS) is 11.3. The fourth-order valence-electron chi connectivity index (χ4n) is 3.24. The molecule has 5 aromatic rings. The van der Waals surface area contributed by atoms with E-state index in [2.05, 4.69) is 74.5 Å². The lowest BCUT2D eigenvalue weighted by atomic mass is 9.95. The Balaban J connectivity index is 1.98. The highest BCUT2D eigenvalue weighted by Crippen LogP contribution is 2.35. The molecule has 0 bridgehead atoms. The highest BCUT2D eigenvalue weighted by Gasteiger charge is 2.13. The molecule has 0 fully saturated rings. The van der Waals surface area contributed by atoms with Gasteiger partial charge in [-0.15, -0.1) is 0 Å². The molecule has 4 heteroatoms. The summed E-state index contributed by atoms with van der Waals surface area (Å²) in [6, 6.07) is 19.0. The minimum atomic E-state index is 0.611. The van der Waals surface area contributed by atoms with Crippen LogP contribution in [-0.4, -0.2) is 19.9 Å². The van der Waals surface area contributed by atoms with Crippen LogP contribution in [0.1, 0.15) is 0 Å². The Bertz CT molecular complexity index is 1210. The zero-order valence-electron chi connectivity index (χ0n) is 12.7. The molecule has 0 spiro atoms. The highest BCUT2D eigenvalue weighted by molar-refractivity contribution is 6.14. The van der Waals surface area contributed by atoms with Crippen LogP contribution in [0.2, 0.25) is 0 Å². The van der Waals surface area contributed by atoms with E-state index in [1.54, 1.807) is 18.7 Å². The molecule has 2 aromatic heterocycles. The molecule has 4 nitrogen and oxygen atoms in total. The predicted molar refractivity (Wildman–Crippen MR) is 95.6 cm³/mol. The standard InChI is InChI=1S/C20H12N4/c1-2-6-14-13(5-1)11-17(16-8-4-3-7-15(14)16)18-19-20(24-12-23-18)22-10-9-21-19/h1-12H. The molecule has 0 aliphatic heterocycles. The molecule has 0 unspecified atom stereocenters. The van der Waals surface area contributed by atoms with Crippen molar-refractivity contribution in [3.05, 3.63) is 73.3 Å². The third-order valence-electron chi connectivity index (χ3n) is 4.29. The molecule has 0 saturated carbocycles. The van der Waals surface area contributed by atoms with E-state index in [1.165, 1.54) is 16.2 Å². The molecular weight excluding hydrogens is 296 g/mol. The van der Waals surface area contributed by atoms with Crippen molar-refractivity contribution in [2.45, 2.75) is 0 Å². The Hall–Kier alpha value is -3.40. The Kier molecular flexibility index (Phi) is 2.76. The number of benzene rings is 3. The van der Waals surface area contributed by atoms with Gasteiger partial charge in [-0.05, 0) is 27.6 Å². The molecule has 2 heterocycles. The van der Waals surface area contributed by atoms with Gasteiger partial charge in [-0.1, -0.05) is 48.5 Å². The topological polar surface area (TPSA) is 51.6 Å². The van der Waals surface area contributed by atoms with Crippen molar-refractivity contribution in [2.24, 2.45) is 0 Å². The summed E-state index contributed by atoms with van der Waals surface area (Å²) in [6.07, 6.45) is 4.88. The van der Waals surface area contributed by atoms with Gasteiger partial charge < -0.3 is 0 Å². The van der Waals surface area contributed by atoms with Gasteiger partial charge in [0.15, 0.2) is 5.65 Å². The van der Waals surface area contributed by atoms with Crippen LogP contribution in [0.4, 0.5) is 0 Å². The first-order valence-corrected chi connectivity index (χ1v) is 7.74. The molecule has 112 valence electrons. The van der Waals surface area contributed by atoms with E-state index in [9.17, 15) is 0 Å². The van der Waals surface area contributed by atoms with Gasteiger partial charge in [0.25, 0.3) is 0 Å². The lowest BCUT2D eigenvalue weighted by Gasteiger charge is -2.11. The van der Waals surface area contributed by atoms with Gasteiger partial charge in [-0.2, -0.15) is 0 Å². The maximum atomic E-state index is 4.52. The van der Waals surface area contributed by atoms with Crippen LogP contribution in [0.25, 0.3) is 44.0 Å². The molecule has 0 saturated heterocycles. The monoisotopic (exact) mass is 308 g/mol. The van der Waals surface area contributed by atoms with Crippen LogP contribution in [0.5, 0.6) is 0 Å². The maximum Gasteiger partial charge on any atom is 0.181 e. The lowest BCUT2D eigenvalue weighted by molar-refractivity contribution is 1.15. The Morgan fingerprint density at radius 1 is 0.625 bits per heavy atom. The summed E-state index contributed by atoms with van der Waals surface area (Å²) in [4.78, 5) is 17.5. The Morgan fingerprint density at radius 3 is 2.29 bits per heavy atom. The summed E-state index contributed by atoms with van der Waals surface area (Å²) in [5.74, 6) is 0. The van der Waals surface area contributed by atoms with Gasteiger partial charge in [0.2, 0.25) is 0 Å². The van der Waals surface area contributed by atoms with Crippen LogP contribution >= 0.6 is 0 Å². The van der Waals surface area contributed by atoms with E-state index >= 15 is 0 Å². The van der Waals surface area contributed by atoms with Crippen molar-refractivity contribution in [1.29, 1.82) is 0 Å². The number of rotatable bonds is 1. The van der Waals surface area contributed by atoms with E-state index in [0.29, 0.717) is 5.65 Å². The van der Waals surface area contributed by atoms with Crippen molar-refractivity contribution < 1.29 is 0 Å². The number of hydrogen-bond acceptors (Lipinski definition) is 4. The van der Waals surface area contributed by atoms with Crippen LogP contribution in [0.15, 0.2) is 73.3 Å². The molecule has 3 aromatic carbocycles. The molecule has 24 heavy (non-hydrogen) atoms. The first kappa shape index (κ1) is 13.1. The third kappa shape index (κ3) is 1.86. The van der Waals surface area contributed by atoms with Gasteiger partial charge in [0, 0.05) is 18.0 Å². The molecule has 5 rings (SSSR count). The minimum Gasteiger partial charge on any atom is -0.249 e. The lowest BCUT2D eigenvalue weighted by Crippen LogP contribution is -1.94. The largest absolute Gasteiger partial charge is 0.249 e. The van der Waals surface area contributed by atoms with Gasteiger partial charge in [-0.25, -0.2) is 19.9 Å². The second kappa shape index (κ2) is 5.06. The number of aromatic nitrogens is 4. The zero-order chi connectivity index (χ0) is 15.9. The van der Waals surface area contributed by atoms with Gasteiger partial charge in [-0.3, -0.25) is 0 Å². The van der Waals surface area contributed by atoms with E-state index in [4.69, 9.17) is 0 Å². The molecule has 0 atom stereocenters. The van der Waals surface area contributed by atoms with Gasteiger partial charge >= 0.3 is 0 Å². The first-order chi connectivity index (χ1) is 11.9. The fraction of sp³-hybridized carbons (Fsp3) is 0. The summed E-state index contributed by atoms with van der Waals surface area (Å²) >= 11 is 0. The predicted octanol–water partition coefficient (Wildman–Crippen LogP) is 4.39. The second-order valence-corrected chi connectivity index (χ2v) is 5.64. The third-order valence-corrected chi connectivity index (χ3v) is 4.29. The molecule has 0 radical (unpaired) electrons. The number of fused-ring (bicyclic) bond motifs is 4. The highest BCUT2D eigenvalue weighted by atomic mass is 14.9. The molecule has 0 aliphatic carbocycles. The van der Waals surface area contributed by atoms with Crippen molar-refractivity contribution in [3.8, 4) is 11.3 Å². The number of hydrogen-bond donors (Lipinski definition) is 0. The fourth-order valence-corrected chi connectivity index (χ4v) is 3.24. The average molecular weight is 308 g/mol. The number of nitrogens with zero attached hydrogens (tertiary/aromatic N) is 4. The quantitative estimate of drug-likeness (QED) is 0.431. The van der Waals surface area contributed by atoms with E-state index < -0.39 is 0 Å². The van der Waals surface area contributed by atoms with Crippen molar-refractivity contribution in [3.63, 3.8) is 0 Å². The van der Waals surface area contributed by atoms with Crippen LogP contribution in [0.3, 0.4) is 0 Å². The minimum absolute atomic E-state index is 0.611. The molecule has 0 amide bonds. The summed E-state index contributed by atoms with van der Waals surface area (Å²) in [6.45, 7) is 0. The Morgan fingerprint density at radius 2 is 1.38 bits per heavy atom. The van der Waals surface area contributed by atoms with Crippen LogP contribution < -0.4 is 0 Å². The molecule has 0 aliphatic rings. The van der Waals surface area contributed by atoms with E-state index in [-0.39, 0.29) is 0 Å². The second-order valence-electron chi connectivity index (χ2n) is 5.64. The van der Waals surface area contributed by atoms with Crippen molar-refractivity contribution in [1.82, 2.24) is 19.9 Å². The summed E-state index contributed by atoms with van der Waals surface area (Å²) in [5, 5.41) is 4.78. The van der Waals surface area contributed by atoms with Gasteiger partial charge in [0.05, 0.1) is 0 Å². The Labute approximate surface area is 137 Å². The van der Waals surface area contributed by atoms with Gasteiger partial charge in [0.1, 0.15) is 17.5 Å². The van der Waals surface area contributed by atoms with Crippen molar-refractivity contribution >= 4 is 32.7 Å². The molecule has 0 N–H and O–H groups in total. The maximum absolute atomic E-state index is 4.52. The first-order valence-electron chi connectivity index (χ1n) is 7.74.